The summed E-state index contributed by atoms with van der Waals surface area (Å²) in [4.78, 5) is 13.2. The fourth-order valence-corrected chi connectivity index (χ4v) is 6.52. The van der Waals surface area contributed by atoms with Gasteiger partial charge in [0.15, 0.2) is 0 Å². The van der Waals surface area contributed by atoms with Crippen LogP contribution in [0.2, 0.25) is 0 Å². The molecule has 1 atom stereocenters. The first-order chi connectivity index (χ1) is 14.5. The first kappa shape index (κ1) is 22.0. The summed E-state index contributed by atoms with van der Waals surface area (Å²) in [6.45, 7) is 3.09. The summed E-state index contributed by atoms with van der Waals surface area (Å²) in [6.07, 6.45) is 10.5. The number of benzene rings is 1. The van der Waals surface area contributed by atoms with Crippen LogP contribution < -0.4 is 4.74 Å². The second kappa shape index (κ2) is 9.49. The molecule has 1 heterocycles. The maximum atomic E-state index is 12.0. The van der Waals surface area contributed by atoms with Crippen molar-refractivity contribution in [3.63, 3.8) is 0 Å². The quantitative estimate of drug-likeness (QED) is 0.570. The molecule has 1 aromatic carbocycles. The Labute approximate surface area is 184 Å². The van der Waals surface area contributed by atoms with E-state index in [1.54, 1.807) is 11.9 Å². The minimum Gasteiger partial charge on any atom is -0.477 e. The van der Waals surface area contributed by atoms with Crippen LogP contribution in [0.25, 0.3) is 0 Å². The van der Waals surface area contributed by atoms with E-state index in [0.29, 0.717) is 17.6 Å². The van der Waals surface area contributed by atoms with E-state index < -0.39 is 17.9 Å². The molecule has 6 heteroatoms. The zero-order chi connectivity index (χ0) is 21.1. The number of carbonyl (C=O) groups is 1. The summed E-state index contributed by atoms with van der Waals surface area (Å²) in [5, 5.41) is 9.84. The highest BCUT2D eigenvalue weighted by atomic mass is 32.2. The average molecular weight is 434 g/mol. The molecule has 30 heavy (non-hydrogen) atoms. The SMILES string of the molecule is CCN(C)Sc1ccc2c(c1)C(C1CCCCC1)(C1CCCCC1)OC(C(=O)O)O2. The van der Waals surface area contributed by atoms with Crippen LogP contribution in [0.15, 0.2) is 23.1 Å². The van der Waals surface area contributed by atoms with E-state index in [0.717, 1.165) is 42.7 Å². The minimum absolute atomic E-state index is 0.350. The zero-order valence-electron chi connectivity index (χ0n) is 18.3. The van der Waals surface area contributed by atoms with Crippen LogP contribution in [0.5, 0.6) is 5.75 Å². The molecule has 3 aliphatic rings. The number of carboxylic acid groups (broad SMARTS) is 1. The number of hydrogen-bond donors (Lipinski definition) is 1. The molecule has 0 saturated heterocycles. The molecule has 0 amide bonds. The van der Waals surface area contributed by atoms with Gasteiger partial charge in [0.2, 0.25) is 0 Å². The highest BCUT2D eigenvalue weighted by molar-refractivity contribution is 7.97. The molecule has 1 aromatic rings. The van der Waals surface area contributed by atoms with Crippen LogP contribution in [0, 0.1) is 11.8 Å². The molecule has 0 radical (unpaired) electrons. The van der Waals surface area contributed by atoms with Gasteiger partial charge in [-0.05, 0) is 74.7 Å². The van der Waals surface area contributed by atoms with Crippen molar-refractivity contribution in [3.05, 3.63) is 23.8 Å². The summed E-state index contributed by atoms with van der Waals surface area (Å²) in [7, 11) is 2.09. The van der Waals surface area contributed by atoms with Gasteiger partial charge < -0.3 is 14.6 Å². The highest BCUT2D eigenvalue weighted by Gasteiger charge is 2.54. The summed E-state index contributed by atoms with van der Waals surface area (Å²) < 4.78 is 14.7. The van der Waals surface area contributed by atoms with Gasteiger partial charge >= 0.3 is 5.97 Å². The maximum Gasteiger partial charge on any atom is 0.373 e. The molecular weight excluding hydrogens is 398 g/mol. The Morgan fingerprint density at radius 3 is 2.23 bits per heavy atom. The third kappa shape index (κ3) is 4.23. The number of nitrogens with zero attached hydrogens (tertiary/aromatic N) is 1. The van der Waals surface area contributed by atoms with E-state index in [1.807, 2.05) is 12.1 Å². The molecule has 166 valence electrons. The molecule has 5 nitrogen and oxygen atoms in total. The topological polar surface area (TPSA) is 59.0 Å². The van der Waals surface area contributed by atoms with Crippen molar-refractivity contribution in [2.75, 3.05) is 13.6 Å². The van der Waals surface area contributed by atoms with E-state index >= 15 is 0 Å². The van der Waals surface area contributed by atoms with Gasteiger partial charge in [-0.15, -0.1) is 0 Å². The number of carboxylic acids is 1. The molecule has 1 N–H and O–H groups in total. The van der Waals surface area contributed by atoms with Gasteiger partial charge in [-0.3, -0.25) is 0 Å². The van der Waals surface area contributed by atoms with Gasteiger partial charge in [0.05, 0.1) is 0 Å². The molecule has 2 fully saturated rings. The van der Waals surface area contributed by atoms with Gasteiger partial charge in [-0.25, -0.2) is 9.10 Å². The standard InChI is InChI=1S/C24H35NO4S/c1-3-25(2)30-19-14-15-21-20(16-19)24(17-10-6-4-7-11-17,18-12-8-5-9-13-18)29-23(28-21)22(26)27/h14-18,23H,3-13H2,1-2H3,(H,26,27). The highest BCUT2D eigenvalue weighted by Crippen LogP contribution is 2.56. The lowest BCUT2D eigenvalue weighted by Gasteiger charge is -2.52. The maximum absolute atomic E-state index is 12.0. The van der Waals surface area contributed by atoms with E-state index in [2.05, 4.69) is 24.3 Å². The Bertz CT molecular complexity index is 725. The van der Waals surface area contributed by atoms with E-state index in [1.165, 1.54) is 38.5 Å². The molecule has 4 rings (SSSR count). The minimum atomic E-state index is -1.22. The fourth-order valence-electron chi connectivity index (χ4n) is 5.73. The third-order valence-electron chi connectivity index (χ3n) is 7.24. The van der Waals surface area contributed by atoms with E-state index in [-0.39, 0.29) is 0 Å². The number of ether oxygens (including phenoxy) is 2. The molecule has 2 aliphatic carbocycles. The predicted octanol–water partition coefficient (Wildman–Crippen LogP) is 5.82. The Balaban J connectivity index is 1.83. The predicted molar refractivity (Wildman–Crippen MR) is 119 cm³/mol. The summed E-state index contributed by atoms with van der Waals surface area (Å²) in [5.74, 6) is 0.375. The van der Waals surface area contributed by atoms with Crippen molar-refractivity contribution in [3.8, 4) is 5.75 Å². The lowest BCUT2D eigenvalue weighted by atomic mass is 9.63. The zero-order valence-corrected chi connectivity index (χ0v) is 19.1. The van der Waals surface area contributed by atoms with Gasteiger partial charge in [0.25, 0.3) is 6.29 Å². The van der Waals surface area contributed by atoms with Crippen LogP contribution in [-0.2, 0) is 15.1 Å². The van der Waals surface area contributed by atoms with Crippen LogP contribution >= 0.6 is 11.9 Å². The van der Waals surface area contributed by atoms with E-state index in [9.17, 15) is 9.90 Å². The molecular formula is C24H35NO4S. The first-order valence-electron chi connectivity index (χ1n) is 11.7. The molecule has 1 aliphatic heterocycles. The Morgan fingerprint density at radius 1 is 1.10 bits per heavy atom. The normalized spacial score (nSPS) is 25.0. The molecule has 0 bridgehead atoms. The Kier molecular flexibility index (Phi) is 6.95. The average Bonchev–Trinajstić information content (AvgIpc) is 2.79. The number of hydrogen-bond acceptors (Lipinski definition) is 5. The van der Waals surface area contributed by atoms with Crippen molar-refractivity contribution in [1.29, 1.82) is 0 Å². The molecule has 2 saturated carbocycles. The largest absolute Gasteiger partial charge is 0.477 e. The van der Waals surface area contributed by atoms with Crippen molar-refractivity contribution in [2.45, 2.75) is 87.9 Å². The van der Waals surface area contributed by atoms with Gasteiger partial charge in [-0.2, -0.15) is 0 Å². The number of fused-ring (bicyclic) bond motifs is 1. The smallest absolute Gasteiger partial charge is 0.373 e. The summed E-state index contributed by atoms with van der Waals surface area (Å²) >= 11 is 1.72. The number of aliphatic carboxylic acids is 1. The molecule has 1 unspecified atom stereocenters. The Morgan fingerprint density at radius 2 is 1.70 bits per heavy atom. The second-order valence-electron chi connectivity index (χ2n) is 9.06. The first-order valence-corrected chi connectivity index (χ1v) is 12.4. The fraction of sp³-hybridized carbons (Fsp3) is 0.708. The third-order valence-corrected chi connectivity index (χ3v) is 8.27. The van der Waals surface area contributed by atoms with Gasteiger partial charge in [-0.1, -0.05) is 45.4 Å². The Hall–Kier alpha value is -1.24. The molecule has 0 aromatic heterocycles. The second-order valence-corrected chi connectivity index (χ2v) is 10.3. The van der Waals surface area contributed by atoms with Crippen molar-refractivity contribution in [2.24, 2.45) is 11.8 Å². The van der Waals surface area contributed by atoms with Gasteiger partial charge in [0, 0.05) is 17.0 Å². The summed E-state index contributed by atoms with van der Waals surface area (Å²) in [5.41, 5.74) is 0.534. The van der Waals surface area contributed by atoms with Crippen LogP contribution in [-0.4, -0.2) is 35.3 Å². The van der Waals surface area contributed by atoms with Crippen LogP contribution in [0.1, 0.15) is 76.7 Å². The van der Waals surface area contributed by atoms with Crippen molar-refractivity contribution in [1.82, 2.24) is 4.31 Å². The molecule has 0 spiro atoms. The van der Waals surface area contributed by atoms with Crippen LogP contribution in [0.4, 0.5) is 0 Å². The van der Waals surface area contributed by atoms with Crippen molar-refractivity contribution >= 4 is 17.9 Å². The van der Waals surface area contributed by atoms with Gasteiger partial charge in [0.1, 0.15) is 11.4 Å². The lowest BCUT2D eigenvalue weighted by molar-refractivity contribution is -0.252. The summed E-state index contributed by atoms with van der Waals surface area (Å²) in [6, 6.07) is 6.25. The lowest BCUT2D eigenvalue weighted by Crippen LogP contribution is -2.54. The number of rotatable bonds is 6. The van der Waals surface area contributed by atoms with Crippen LogP contribution in [0.3, 0.4) is 0 Å². The van der Waals surface area contributed by atoms with Crippen molar-refractivity contribution < 1.29 is 19.4 Å². The van der Waals surface area contributed by atoms with E-state index in [4.69, 9.17) is 9.47 Å². The monoisotopic (exact) mass is 433 g/mol.